The molecule has 3 rings (SSSR count). The van der Waals surface area contributed by atoms with Crippen LogP contribution in [0.2, 0.25) is 5.02 Å². The molecule has 1 amide bonds. The molecule has 1 unspecified atom stereocenters. The van der Waals surface area contributed by atoms with Gasteiger partial charge in [-0.2, -0.15) is 0 Å². The predicted octanol–water partition coefficient (Wildman–Crippen LogP) is 2.54. The zero-order valence-corrected chi connectivity index (χ0v) is 17.6. The van der Waals surface area contributed by atoms with E-state index in [0.717, 1.165) is 5.56 Å². The molecular formula is C19H26ClFN2O5S. The predicted molar refractivity (Wildman–Crippen MR) is 106 cm³/mol. The van der Waals surface area contributed by atoms with Gasteiger partial charge >= 0.3 is 0 Å². The summed E-state index contributed by atoms with van der Waals surface area (Å²) < 4.78 is 45.9. The van der Waals surface area contributed by atoms with Crippen molar-refractivity contribution in [2.24, 2.45) is 11.8 Å². The lowest BCUT2D eigenvalue weighted by molar-refractivity contribution is -0.135. The molecule has 0 aliphatic carbocycles. The van der Waals surface area contributed by atoms with E-state index in [1.807, 2.05) is 0 Å². The fourth-order valence-corrected chi connectivity index (χ4v) is 6.41. The third kappa shape index (κ3) is 5.46. The Balaban J connectivity index is 1.65. The molecule has 29 heavy (non-hydrogen) atoms. The highest BCUT2D eigenvalue weighted by atomic mass is 35.5. The second kappa shape index (κ2) is 9.70. The van der Waals surface area contributed by atoms with Gasteiger partial charge in [-0.25, -0.2) is 22.6 Å². The van der Waals surface area contributed by atoms with Crippen molar-refractivity contribution in [2.45, 2.75) is 31.6 Å². The van der Waals surface area contributed by atoms with E-state index in [-0.39, 0.29) is 17.6 Å². The van der Waals surface area contributed by atoms with Gasteiger partial charge in [0.25, 0.3) is 0 Å². The fraction of sp³-hybridized carbons (Fsp3) is 0.632. The molecule has 0 bridgehead atoms. The Bertz CT molecular complexity index is 824. The summed E-state index contributed by atoms with van der Waals surface area (Å²) in [6, 6.07) is 4.28. The number of nitrogens with one attached hydrogen (secondary N) is 1. The van der Waals surface area contributed by atoms with Crippen molar-refractivity contribution in [3.63, 3.8) is 0 Å². The number of amides is 1. The van der Waals surface area contributed by atoms with E-state index in [9.17, 15) is 17.6 Å². The monoisotopic (exact) mass is 448 g/mol. The molecule has 2 fully saturated rings. The van der Waals surface area contributed by atoms with Crippen LogP contribution in [0.5, 0.6) is 0 Å². The molecule has 1 aromatic carbocycles. The number of rotatable bonds is 6. The van der Waals surface area contributed by atoms with Crippen molar-refractivity contribution in [1.82, 2.24) is 9.79 Å². The highest BCUT2D eigenvalue weighted by Crippen LogP contribution is 2.34. The van der Waals surface area contributed by atoms with Gasteiger partial charge in [0.1, 0.15) is 5.82 Å². The molecule has 2 N–H and O–H groups in total. The van der Waals surface area contributed by atoms with Gasteiger partial charge in [-0.1, -0.05) is 17.7 Å². The zero-order chi connectivity index (χ0) is 21.0. The van der Waals surface area contributed by atoms with Gasteiger partial charge in [-0.3, -0.25) is 10.0 Å². The molecule has 0 aromatic heterocycles. The van der Waals surface area contributed by atoms with Crippen molar-refractivity contribution < 1.29 is 27.5 Å². The van der Waals surface area contributed by atoms with Crippen LogP contribution in [-0.4, -0.2) is 55.9 Å². The Labute approximate surface area is 175 Å². The van der Waals surface area contributed by atoms with E-state index < -0.39 is 27.7 Å². The topological polar surface area (TPSA) is 95.9 Å². The van der Waals surface area contributed by atoms with Crippen LogP contribution < -0.4 is 5.48 Å². The summed E-state index contributed by atoms with van der Waals surface area (Å²) in [5.41, 5.74) is 2.44. The van der Waals surface area contributed by atoms with E-state index in [1.54, 1.807) is 11.5 Å². The number of hydrogen-bond donors (Lipinski definition) is 2. The molecule has 1 atom stereocenters. The Morgan fingerprint density at radius 3 is 2.52 bits per heavy atom. The summed E-state index contributed by atoms with van der Waals surface area (Å²) in [5, 5.41) is 9.42. The van der Waals surface area contributed by atoms with Crippen molar-refractivity contribution in [1.29, 1.82) is 0 Å². The van der Waals surface area contributed by atoms with Gasteiger partial charge in [0.05, 0.1) is 11.7 Å². The Hall–Kier alpha value is -1.26. The number of hydroxylamine groups is 1. The number of nitrogens with zero attached hydrogens (tertiary/aromatic N) is 1. The van der Waals surface area contributed by atoms with Crippen LogP contribution in [0.4, 0.5) is 4.39 Å². The number of halogens is 2. The average Bonchev–Trinajstić information content (AvgIpc) is 2.72. The maximum Gasteiger partial charge on any atom is 0.247 e. The lowest BCUT2D eigenvalue weighted by Gasteiger charge is -2.34. The van der Waals surface area contributed by atoms with E-state index >= 15 is 0 Å². The molecular weight excluding hydrogens is 423 g/mol. The number of benzene rings is 1. The first-order valence-corrected chi connectivity index (χ1v) is 11.7. The number of carbonyl (C=O) groups is 1. The largest absolute Gasteiger partial charge is 0.381 e. The number of carbonyl (C=O) groups excluding carboxylic acids is 1. The summed E-state index contributed by atoms with van der Waals surface area (Å²) in [7, 11) is -3.68. The first kappa shape index (κ1) is 22.4. The summed E-state index contributed by atoms with van der Waals surface area (Å²) >= 11 is 6.14. The molecule has 2 aliphatic rings. The van der Waals surface area contributed by atoms with Crippen LogP contribution in [0.15, 0.2) is 18.2 Å². The number of sulfonamides is 1. The highest BCUT2D eigenvalue weighted by molar-refractivity contribution is 7.89. The van der Waals surface area contributed by atoms with E-state index in [0.29, 0.717) is 57.0 Å². The van der Waals surface area contributed by atoms with Crippen molar-refractivity contribution in [2.75, 3.05) is 32.1 Å². The van der Waals surface area contributed by atoms with Crippen molar-refractivity contribution >= 4 is 27.5 Å². The smallest absolute Gasteiger partial charge is 0.247 e. The third-order valence-electron chi connectivity index (χ3n) is 5.92. The van der Waals surface area contributed by atoms with Crippen LogP contribution in [0.1, 0.15) is 37.2 Å². The Kier molecular flexibility index (Phi) is 7.50. The maximum absolute atomic E-state index is 13.3. The van der Waals surface area contributed by atoms with Crippen LogP contribution in [0.25, 0.3) is 0 Å². The molecule has 1 aromatic rings. The van der Waals surface area contributed by atoms with Gasteiger partial charge in [-0.05, 0) is 55.2 Å². The lowest BCUT2D eigenvalue weighted by Crippen LogP contribution is -2.45. The number of ether oxygens (including phenoxy) is 1. The van der Waals surface area contributed by atoms with Crippen LogP contribution in [-0.2, 0) is 19.6 Å². The van der Waals surface area contributed by atoms with Gasteiger partial charge in [0, 0.05) is 31.3 Å². The van der Waals surface area contributed by atoms with Crippen LogP contribution in [0, 0.1) is 17.7 Å². The molecule has 2 aliphatic heterocycles. The summed E-state index contributed by atoms with van der Waals surface area (Å²) in [4.78, 5) is 12.1. The lowest BCUT2D eigenvalue weighted by atomic mass is 9.87. The first-order chi connectivity index (χ1) is 13.8. The molecule has 2 heterocycles. The number of piperidine rings is 1. The van der Waals surface area contributed by atoms with Crippen LogP contribution in [0.3, 0.4) is 0 Å². The number of hydrogen-bond acceptors (Lipinski definition) is 5. The summed E-state index contributed by atoms with van der Waals surface area (Å²) in [6.07, 6.45) is 2.30. The average molecular weight is 449 g/mol. The minimum atomic E-state index is -3.68. The molecule has 0 saturated carbocycles. The molecule has 162 valence electrons. The maximum atomic E-state index is 13.3. The third-order valence-corrected chi connectivity index (χ3v) is 8.18. The van der Waals surface area contributed by atoms with E-state index in [2.05, 4.69) is 0 Å². The van der Waals surface area contributed by atoms with Crippen molar-refractivity contribution in [3.8, 4) is 0 Å². The van der Waals surface area contributed by atoms with Crippen LogP contribution >= 0.6 is 11.6 Å². The highest BCUT2D eigenvalue weighted by Gasteiger charge is 2.37. The van der Waals surface area contributed by atoms with E-state index in [1.165, 1.54) is 16.4 Å². The molecule has 2 saturated heterocycles. The summed E-state index contributed by atoms with van der Waals surface area (Å²) in [6.45, 7) is 1.57. The van der Waals surface area contributed by atoms with Gasteiger partial charge < -0.3 is 4.74 Å². The normalized spacial score (nSPS) is 21.1. The zero-order valence-electron chi connectivity index (χ0n) is 16.0. The molecule has 7 nitrogen and oxygen atoms in total. The standard InChI is InChI=1S/C19H26ClFN2O5S/c20-18-11-15(21)1-2-16(18)13-3-7-23(8-4-13)29(26,27)12-17(19(24)22-25)14-5-9-28-10-6-14/h1-2,11,13-14,17,25H,3-10,12H2,(H,22,24). The Morgan fingerprint density at radius 1 is 1.28 bits per heavy atom. The van der Waals surface area contributed by atoms with Gasteiger partial charge in [0.15, 0.2) is 0 Å². The fourth-order valence-electron chi connectivity index (χ4n) is 4.24. The SMILES string of the molecule is O=C(NO)C(CS(=O)(=O)N1CCC(c2ccc(F)cc2Cl)CC1)C1CCOCC1. The second-order valence-corrected chi connectivity index (χ2v) is 10.1. The first-order valence-electron chi connectivity index (χ1n) is 9.76. The van der Waals surface area contributed by atoms with Gasteiger partial charge in [0.2, 0.25) is 15.9 Å². The molecule has 10 heteroatoms. The van der Waals surface area contributed by atoms with E-state index in [4.69, 9.17) is 21.5 Å². The molecule has 0 radical (unpaired) electrons. The quantitative estimate of drug-likeness (QED) is 0.515. The van der Waals surface area contributed by atoms with Crippen molar-refractivity contribution in [3.05, 3.63) is 34.6 Å². The van der Waals surface area contributed by atoms with Gasteiger partial charge in [-0.15, -0.1) is 0 Å². The summed E-state index contributed by atoms with van der Waals surface area (Å²) in [5.74, 6) is -2.33. The molecule has 0 spiro atoms. The minimum Gasteiger partial charge on any atom is -0.381 e. The minimum absolute atomic E-state index is 0.0570. The Morgan fingerprint density at radius 2 is 1.93 bits per heavy atom. The second-order valence-electron chi connectivity index (χ2n) is 7.65.